The van der Waals surface area contributed by atoms with Crippen LogP contribution in [0.25, 0.3) is 0 Å². The lowest BCUT2D eigenvalue weighted by atomic mass is 10.0. The number of aryl methyl sites for hydroxylation is 1. The molecule has 0 amide bonds. The van der Waals surface area contributed by atoms with Crippen LogP contribution in [0.15, 0.2) is 77.7 Å². The van der Waals surface area contributed by atoms with Gasteiger partial charge in [0.15, 0.2) is 5.78 Å². The zero-order valence-corrected chi connectivity index (χ0v) is 15.5. The van der Waals surface area contributed by atoms with Crippen LogP contribution in [-0.2, 0) is 10.0 Å². The second-order valence-electron chi connectivity index (χ2n) is 5.78. The minimum Gasteiger partial charge on any atom is -0.289 e. The Morgan fingerprint density at radius 1 is 0.885 bits per heavy atom. The standard InChI is InChI=1S/C20H16ClNO3S/c1-14-10-12-16(13-11-14)26(24,25)22-18-9-5-8-17(19(18)21)20(23)15-6-3-2-4-7-15/h2-13,22H,1H3. The second kappa shape index (κ2) is 7.32. The smallest absolute Gasteiger partial charge is 0.261 e. The van der Waals surface area contributed by atoms with Crippen LogP contribution in [0.3, 0.4) is 0 Å². The molecule has 0 aliphatic rings. The fraction of sp³-hybridized carbons (Fsp3) is 0.0500. The van der Waals surface area contributed by atoms with E-state index in [9.17, 15) is 13.2 Å². The maximum atomic E-state index is 12.6. The summed E-state index contributed by atoms with van der Waals surface area (Å²) in [6.45, 7) is 1.87. The molecule has 0 heterocycles. The van der Waals surface area contributed by atoms with E-state index in [1.807, 2.05) is 13.0 Å². The number of nitrogens with one attached hydrogen (secondary N) is 1. The SMILES string of the molecule is Cc1ccc(S(=O)(=O)Nc2cccc(C(=O)c3ccccc3)c2Cl)cc1. The minimum atomic E-state index is -3.81. The molecular formula is C20H16ClNO3S. The summed E-state index contributed by atoms with van der Waals surface area (Å²) in [7, 11) is -3.81. The molecule has 1 N–H and O–H groups in total. The third-order valence-electron chi connectivity index (χ3n) is 3.85. The topological polar surface area (TPSA) is 63.2 Å². The van der Waals surface area contributed by atoms with E-state index in [4.69, 9.17) is 11.6 Å². The van der Waals surface area contributed by atoms with E-state index >= 15 is 0 Å². The van der Waals surface area contributed by atoms with Crippen molar-refractivity contribution in [1.29, 1.82) is 0 Å². The molecule has 0 saturated heterocycles. The molecule has 0 unspecified atom stereocenters. The Morgan fingerprint density at radius 3 is 2.19 bits per heavy atom. The molecule has 6 heteroatoms. The zero-order valence-electron chi connectivity index (χ0n) is 13.9. The molecule has 3 aromatic rings. The van der Waals surface area contributed by atoms with Gasteiger partial charge in [-0.15, -0.1) is 0 Å². The molecule has 0 aliphatic heterocycles. The largest absolute Gasteiger partial charge is 0.289 e. The van der Waals surface area contributed by atoms with Crippen molar-refractivity contribution in [2.75, 3.05) is 4.72 Å². The molecule has 0 spiro atoms. The van der Waals surface area contributed by atoms with Gasteiger partial charge in [0.1, 0.15) is 0 Å². The molecule has 0 atom stereocenters. The van der Waals surface area contributed by atoms with Crippen LogP contribution in [0.2, 0.25) is 5.02 Å². The van der Waals surface area contributed by atoms with Crippen LogP contribution >= 0.6 is 11.6 Å². The summed E-state index contributed by atoms with van der Waals surface area (Å²) in [6, 6.07) is 19.8. The third kappa shape index (κ3) is 3.79. The fourth-order valence-corrected chi connectivity index (χ4v) is 3.84. The molecule has 0 radical (unpaired) electrons. The number of halogens is 1. The predicted octanol–water partition coefficient (Wildman–Crippen LogP) is 4.68. The number of carbonyl (C=O) groups excluding carboxylic acids is 1. The van der Waals surface area contributed by atoms with E-state index < -0.39 is 10.0 Å². The number of hydrogen-bond acceptors (Lipinski definition) is 3. The number of rotatable bonds is 5. The number of carbonyl (C=O) groups is 1. The van der Waals surface area contributed by atoms with Crippen LogP contribution in [0.5, 0.6) is 0 Å². The molecule has 3 aromatic carbocycles. The summed E-state index contributed by atoms with van der Waals surface area (Å²) in [4.78, 5) is 12.8. The van der Waals surface area contributed by atoms with Gasteiger partial charge in [-0.2, -0.15) is 0 Å². The summed E-state index contributed by atoms with van der Waals surface area (Å²) >= 11 is 6.32. The Kier molecular flexibility index (Phi) is 5.11. The van der Waals surface area contributed by atoms with Crippen LogP contribution in [0.1, 0.15) is 21.5 Å². The Balaban J connectivity index is 1.95. The number of hydrogen-bond donors (Lipinski definition) is 1. The van der Waals surface area contributed by atoms with E-state index in [0.29, 0.717) is 5.56 Å². The van der Waals surface area contributed by atoms with Crippen molar-refractivity contribution in [1.82, 2.24) is 0 Å². The molecule has 4 nitrogen and oxygen atoms in total. The molecule has 0 bridgehead atoms. The molecule has 0 saturated carbocycles. The van der Waals surface area contributed by atoms with Crippen molar-refractivity contribution in [3.63, 3.8) is 0 Å². The minimum absolute atomic E-state index is 0.0667. The van der Waals surface area contributed by atoms with E-state index in [1.165, 1.54) is 18.2 Å². The summed E-state index contributed by atoms with van der Waals surface area (Å²) in [5.41, 5.74) is 1.83. The van der Waals surface area contributed by atoms with E-state index in [2.05, 4.69) is 4.72 Å². The Labute approximate surface area is 157 Å². The van der Waals surface area contributed by atoms with Crippen LogP contribution < -0.4 is 4.72 Å². The molecule has 0 fully saturated rings. The second-order valence-corrected chi connectivity index (χ2v) is 7.84. The molecule has 3 rings (SSSR count). The maximum Gasteiger partial charge on any atom is 0.261 e. The van der Waals surface area contributed by atoms with Gasteiger partial charge >= 0.3 is 0 Å². The van der Waals surface area contributed by atoms with Crippen LogP contribution in [0.4, 0.5) is 5.69 Å². The normalized spacial score (nSPS) is 11.2. The van der Waals surface area contributed by atoms with Gasteiger partial charge in [0.05, 0.1) is 15.6 Å². The number of anilines is 1. The zero-order chi connectivity index (χ0) is 18.7. The first kappa shape index (κ1) is 18.2. The Hall–Kier alpha value is -2.63. The lowest BCUT2D eigenvalue weighted by Gasteiger charge is -2.12. The fourth-order valence-electron chi connectivity index (χ4n) is 2.45. The monoisotopic (exact) mass is 385 g/mol. The van der Waals surface area contributed by atoms with Gasteiger partial charge in [-0.3, -0.25) is 9.52 Å². The first-order valence-electron chi connectivity index (χ1n) is 7.86. The van der Waals surface area contributed by atoms with E-state index in [-0.39, 0.29) is 27.0 Å². The first-order valence-corrected chi connectivity index (χ1v) is 9.72. The number of benzene rings is 3. The average Bonchev–Trinajstić information content (AvgIpc) is 2.64. The maximum absolute atomic E-state index is 12.6. The lowest BCUT2D eigenvalue weighted by Crippen LogP contribution is -2.14. The van der Waals surface area contributed by atoms with Gasteiger partial charge in [0, 0.05) is 11.1 Å². The van der Waals surface area contributed by atoms with Crippen molar-refractivity contribution >= 4 is 33.1 Å². The highest BCUT2D eigenvalue weighted by atomic mass is 35.5. The van der Waals surface area contributed by atoms with Gasteiger partial charge < -0.3 is 0 Å². The van der Waals surface area contributed by atoms with Crippen LogP contribution in [0, 0.1) is 6.92 Å². The summed E-state index contributed by atoms with van der Waals surface area (Å²) < 4.78 is 27.6. The molecule has 0 aromatic heterocycles. The summed E-state index contributed by atoms with van der Waals surface area (Å²) in [6.07, 6.45) is 0. The third-order valence-corrected chi connectivity index (χ3v) is 5.64. The van der Waals surface area contributed by atoms with Gasteiger partial charge in [0.2, 0.25) is 0 Å². The van der Waals surface area contributed by atoms with Crippen molar-refractivity contribution in [3.8, 4) is 0 Å². The predicted molar refractivity (Wildman–Crippen MR) is 103 cm³/mol. The van der Waals surface area contributed by atoms with Crippen molar-refractivity contribution in [2.45, 2.75) is 11.8 Å². The Bertz CT molecular complexity index is 1050. The summed E-state index contributed by atoms with van der Waals surface area (Å²) in [5.74, 6) is -0.271. The van der Waals surface area contributed by atoms with Gasteiger partial charge in [0.25, 0.3) is 10.0 Å². The van der Waals surface area contributed by atoms with Crippen molar-refractivity contribution in [3.05, 3.63) is 94.5 Å². The average molecular weight is 386 g/mol. The lowest BCUT2D eigenvalue weighted by molar-refractivity contribution is 0.103. The summed E-state index contributed by atoms with van der Waals surface area (Å²) in [5, 5.41) is 0.0667. The first-order chi connectivity index (χ1) is 12.4. The number of sulfonamides is 1. The quantitative estimate of drug-likeness (QED) is 0.648. The highest BCUT2D eigenvalue weighted by molar-refractivity contribution is 7.92. The van der Waals surface area contributed by atoms with Gasteiger partial charge in [-0.25, -0.2) is 8.42 Å². The van der Waals surface area contributed by atoms with Gasteiger partial charge in [-0.1, -0.05) is 65.7 Å². The van der Waals surface area contributed by atoms with E-state index in [1.54, 1.807) is 48.5 Å². The number of ketones is 1. The molecular weight excluding hydrogens is 370 g/mol. The van der Waals surface area contributed by atoms with Crippen LogP contribution in [-0.4, -0.2) is 14.2 Å². The Morgan fingerprint density at radius 2 is 1.54 bits per heavy atom. The highest BCUT2D eigenvalue weighted by Crippen LogP contribution is 2.29. The van der Waals surface area contributed by atoms with Crippen molar-refractivity contribution < 1.29 is 13.2 Å². The van der Waals surface area contributed by atoms with Crippen molar-refractivity contribution in [2.24, 2.45) is 0 Å². The molecule has 0 aliphatic carbocycles. The molecule has 132 valence electrons. The molecule has 26 heavy (non-hydrogen) atoms. The van der Waals surface area contributed by atoms with Gasteiger partial charge in [-0.05, 0) is 31.2 Å². The van der Waals surface area contributed by atoms with E-state index in [0.717, 1.165) is 5.56 Å². The highest BCUT2D eigenvalue weighted by Gasteiger charge is 2.19.